The summed E-state index contributed by atoms with van der Waals surface area (Å²) in [5, 5.41) is 3.06. The maximum atomic E-state index is 12.5. The maximum absolute atomic E-state index is 12.5. The molecule has 0 bridgehead atoms. The number of hydrogen-bond donors (Lipinski definition) is 1. The number of benzene rings is 2. The topological polar surface area (TPSA) is 41.6 Å². The van der Waals surface area contributed by atoms with Crippen molar-refractivity contribution >= 4 is 11.6 Å². The summed E-state index contributed by atoms with van der Waals surface area (Å²) in [7, 11) is 0. The molecule has 150 valence electrons. The average molecular weight is 381 g/mol. The number of rotatable bonds is 6. The van der Waals surface area contributed by atoms with Crippen molar-refractivity contribution in [2.24, 2.45) is 5.92 Å². The van der Waals surface area contributed by atoms with Gasteiger partial charge in [0.15, 0.2) is 6.10 Å². The number of hydrogen-bond acceptors (Lipinski definition) is 3. The van der Waals surface area contributed by atoms with Crippen molar-refractivity contribution < 1.29 is 9.53 Å². The first-order valence-electron chi connectivity index (χ1n) is 10.3. The lowest BCUT2D eigenvalue weighted by atomic mass is 9.99. The van der Waals surface area contributed by atoms with E-state index in [-0.39, 0.29) is 11.9 Å². The third-order valence-corrected chi connectivity index (χ3v) is 5.45. The van der Waals surface area contributed by atoms with E-state index >= 15 is 0 Å². The van der Waals surface area contributed by atoms with E-state index in [0.717, 1.165) is 35.9 Å². The van der Waals surface area contributed by atoms with Crippen molar-refractivity contribution in [3.05, 3.63) is 59.7 Å². The van der Waals surface area contributed by atoms with E-state index in [1.807, 2.05) is 38.1 Å². The quantitative estimate of drug-likeness (QED) is 0.777. The number of carbonyl (C=O) groups excluding carboxylic acids is 1. The van der Waals surface area contributed by atoms with Gasteiger partial charge in [-0.25, -0.2) is 0 Å². The van der Waals surface area contributed by atoms with Crippen LogP contribution in [0.3, 0.4) is 0 Å². The molecule has 4 nitrogen and oxygen atoms in total. The highest BCUT2D eigenvalue weighted by Crippen LogP contribution is 2.24. The highest BCUT2D eigenvalue weighted by molar-refractivity contribution is 5.81. The molecule has 1 N–H and O–H groups in total. The van der Waals surface area contributed by atoms with Gasteiger partial charge in [0, 0.05) is 18.8 Å². The molecular formula is C24H32N2O2. The molecule has 0 radical (unpaired) electrons. The number of piperidine rings is 1. The molecule has 0 spiro atoms. The van der Waals surface area contributed by atoms with Crippen LogP contribution in [-0.2, 0) is 4.79 Å². The van der Waals surface area contributed by atoms with Crippen LogP contribution in [0.5, 0.6) is 5.75 Å². The van der Waals surface area contributed by atoms with Gasteiger partial charge < -0.3 is 15.0 Å². The lowest BCUT2D eigenvalue weighted by molar-refractivity contribution is -0.127. The molecule has 1 saturated heterocycles. The molecule has 1 heterocycles. The summed E-state index contributed by atoms with van der Waals surface area (Å²) in [6.45, 7) is 10.4. The van der Waals surface area contributed by atoms with Crippen molar-refractivity contribution in [3.63, 3.8) is 0 Å². The lowest BCUT2D eigenvalue weighted by Gasteiger charge is -2.33. The van der Waals surface area contributed by atoms with Gasteiger partial charge in [0.1, 0.15) is 5.75 Å². The fraction of sp³-hybridized carbons (Fsp3) is 0.458. The van der Waals surface area contributed by atoms with Gasteiger partial charge in [-0.05, 0) is 74.9 Å². The second kappa shape index (κ2) is 9.13. The van der Waals surface area contributed by atoms with E-state index in [1.165, 1.54) is 18.5 Å². The van der Waals surface area contributed by atoms with Crippen LogP contribution in [0.2, 0.25) is 0 Å². The minimum atomic E-state index is -0.543. The standard InChI is InChI=1S/C24H32N2O2/c1-17-7-5-9-23(15-17)28-20(4)24(27)25-19(3)21-10-12-22(13-11-21)26-14-6-8-18(2)16-26/h5,7,9-13,15,18-20H,6,8,14,16H2,1-4H3,(H,25,27). The van der Waals surface area contributed by atoms with Crippen LogP contribution in [0, 0.1) is 12.8 Å². The molecule has 2 aromatic rings. The largest absolute Gasteiger partial charge is 0.481 e. The van der Waals surface area contributed by atoms with Crippen LogP contribution in [-0.4, -0.2) is 25.1 Å². The summed E-state index contributed by atoms with van der Waals surface area (Å²) in [6, 6.07) is 16.3. The van der Waals surface area contributed by atoms with Crippen LogP contribution in [0.15, 0.2) is 48.5 Å². The minimum Gasteiger partial charge on any atom is -0.481 e. The predicted molar refractivity (Wildman–Crippen MR) is 115 cm³/mol. The first-order valence-corrected chi connectivity index (χ1v) is 10.3. The molecule has 28 heavy (non-hydrogen) atoms. The van der Waals surface area contributed by atoms with Crippen LogP contribution in [0.25, 0.3) is 0 Å². The number of nitrogens with zero attached hydrogens (tertiary/aromatic N) is 1. The van der Waals surface area contributed by atoms with Gasteiger partial charge in [0.05, 0.1) is 6.04 Å². The van der Waals surface area contributed by atoms with Gasteiger partial charge in [-0.3, -0.25) is 4.79 Å². The number of carbonyl (C=O) groups is 1. The van der Waals surface area contributed by atoms with E-state index in [4.69, 9.17) is 4.74 Å². The number of amides is 1. The Morgan fingerprint density at radius 2 is 1.93 bits per heavy atom. The van der Waals surface area contributed by atoms with Gasteiger partial charge in [-0.15, -0.1) is 0 Å². The molecular weight excluding hydrogens is 348 g/mol. The first kappa shape index (κ1) is 20.2. The SMILES string of the molecule is Cc1cccc(OC(C)C(=O)NC(C)c2ccc(N3CCCC(C)C3)cc2)c1. The Kier molecular flexibility index (Phi) is 6.61. The summed E-state index contributed by atoms with van der Waals surface area (Å²) in [5.74, 6) is 1.36. The highest BCUT2D eigenvalue weighted by Gasteiger charge is 2.19. The summed E-state index contributed by atoms with van der Waals surface area (Å²) in [6.07, 6.45) is 2.03. The van der Waals surface area contributed by atoms with Gasteiger partial charge in [0.25, 0.3) is 5.91 Å². The van der Waals surface area contributed by atoms with Crippen molar-refractivity contribution in [3.8, 4) is 5.75 Å². The van der Waals surface area contributed by atoms with Crippen LogP contribution in [0.1, 0.15) is 50.8 Å². The van der Waals surface area contributed by atoms with Crippen molar-refractivity contribution in [2.45, 2.75) is 52.7 Å². The smallest absolute Gasteiger partial charge is 0.261 e. The van der Waals surface area contributed by atoms with Gasteiger partial charge >= 0.3 is 0 Å². The van der Waals surface area contributed by atoms with Gasteiger partial charge in [-0.1, -0.05) is 31.2 Å². The van der Waals surface area contributed by atoms with E-state index in [1.54, 1.807) is 6.92 Å². The van der Waals surface area contributed by atoms with Gasteiger partial charge in [0.2, 0.25) is 0 Å². The Morgan fingerprint density at radius 3 is 2.61 bits per heavy atom. The average Bonchev–Trinajstić information content (AvgIpc) is 2.68. The number of ether oxygens (including phenoxy) is 1. The van der Waals surface area contributed by atoms with E-state index in [0.29, 0.717) is 0 Å². The number of aryl methyl sites for hydroxylation is 1. The monoisotopic (exact) mass is 380 g/mol. The van der Waals surface area contributed by atoms with Crippen molar-refractivity contribution in [1.29, 1.82) is 0 Å². The molecule has 3 rings (SSSR count). The first-order chi connectivity index (χ1) is 13.4. The fourth-order valence-corrected chi connectivity index (χ4v) is 3.76. The zero-order chi connectivity index (χ0) is 20.1. The second-order valence-corrected chi connectivity index (χ2v) is 8.09. The molecule has 2 aromatic carbocycles. The summed E-state index contributed by atoms with van der Waals surface area (Å²) in [5.41, 5.74) is 3.48. The zero-order valence-electron chi connectivity index (χ0n) is 17.4. The van der Waals surface area contributed by atoms with Crippen LogP contribution in [0.4, 0.5) is 5.69 Å². The molecule has 1 aliphatic rings. The van der Waals surface area contributed by atoms with Gasteiger partial charge in [-0.2, -0.15) is 0 Å². The lowest BCUT2D eigenvalue weighted by Crippen LogP contribution is -2.37. The molecule has 1 amide bonds. The van der Waals surface area contributed by atoms with Crippen molar-refractivity contribution in [1.82, 2.24) is 5.32 Å². The summed E-state index contributed by atoms with van der Waals surface area (Å²) < 4.78 is 5.78. The molecule has 1 fully saturated rings. The Bertz CT molecular complexity index is 787. The van der Waals surface area contributed by atoms with E-state index in [9.17, 15) is 4.79 Å². The Labute approximate surface area is 168 Å². The Morgan fingerprint density at radius 1 is 1.18 bits per heavy atom. The molecule has 0 aromatic heterocycles. The number of nitrogens with one attached hydrogen (secondary N) is 1. The molecule has 4 heteroatoms. The van der Waals surface area contributed by atoms with E-state index < -0.39 is 6.10 Å². The summed E-state index contributed by atoms with van der Waals surface area (Å²) >= 11 is 0. The number of anilines is 1. The summed E-state index contributed by atoms with van der Waals surface area (Å²) in [4.78, 5) is 15.0. The van der Waals surface area contributed by atoms with Crippen molar-refractivity contribution in [2.75, 3.05) is 18.0 Å². The highest BCUT2D eigenvalue weighted by atomic mass is 16.5. The predicted octanol–water partition coefficient (Wildman–Crippen LogP) is 4.88. The normalized spacial score (nSPS) is 19.0. The molecule has 1 aliphatic heterocycles. The minimum absolute atomic E-state index is 0.0645. The molecule has 0 saturated carbocycles. The molecule has 3 unspecified atom stereocenters. The molecule has 3 atom stereocenters. The Hall–Kier alpha value is -2.49. The van der Waals surface area contributed by atoms with Crippen LogP contribution >= 0.6 is 0 Å². The Balaban J connectivity index is 1.56. The van der Waals surface area contributed by atoms with Crippen LogP contribution < -0.4 is 15.0 Å². The molecule has 0 aliphatic carbocycles. The fourth-order valence-electron chi connectivity index (χ4n) is 3.76. The van der Waals surface area contributed by atoms with E-state index in [2.05, 4.69) is 41.4 Å². The third-order valence-electron chi connectivity index (χ3n) is 5.45. The zero-order valence-corrected chi connectivity index (χ0v) is 17.4. The second-order valence-electron chi connectivity index (χ2n) is 8.09. The maximum Gasteiger partial charge on any atom is 0.261 e. The third kappa shape index (κ3) is 5.28.